The van der Waals surface area contributed by atoms with Gasteiger partial charge in [0.05, 0.1) is 32.7 Å². The third-order valence-electron chi connectivity index (χ3n) is 3.57. The van der Waals surface area contributed by atoms with Gasteiger partial charge in [0.1, 0.15) is 12.3 Å². The Balaban J connectivity index is 2.22. The minimum absolute atomic E-state index is 0.0298. The maximum atomic E-state index is 12.2. The maximum absolute atomic E-state index is 12.2. The van der Waals surface area contributed by atoms with E-state index < -0.39 is 15.7 Å². The Hall–Kier alpha value is -2.06. The van der Waals surface area contributed by atoms with E-state index in [1.54, 1.807) is 13.8 Å². The van der Waals surface area contributed by atoms with E-state index in [0.717, 1.165) is 0 Å². The molecular weight excluding hydrogens is 354 g/mol. The van der Waals surface area contributed by atoms with Gasteiger partial charge in [-0.1, -0.05) is 18.5 Å². The van der Waals surface area contributed by atoms with Gasteiger partial charge in [0, 0.05) is 0 Å². The molecule has 0 atom stereocenters. The number of carbonyl (C=O) groups excluding carboxylic acids is 1. The number of aromatic hydroxyl groups is 1. The zero-order chi connectivity index (χ0) is 18.1. The van der Waals surface area contributed by atoms with Crippen LogP contribution in [0.25, 0.3) is 0 Å². The zero-order valence-electron chi connectivity index (χ0n) is 13.5. The number of aromatic nitrogens is 2. The Morgan fingerprint density at radius 2 is 2.04 bits per heavy atom. The first-order valence-corrected chi connectivity index (χ1v) is 9.24. The van der Waals surface area contributed by atoms with E-state index in [1.165, 1.54) is 29.8 Å². The predicted octanol–water partition coefficient (Wildman–Crippen LogP) is 2.29. The van der Waals surface area contributed by atoms with Crippen molar-refractivity contribution in [1.82, 2.24) is 9.78 Å². The van der Waals surface area contributed by atoms with Crippen LogP contribution >= 0.6 is 11.6 Å². The molecule has 9 heteroatoms. The number of rotatable bonds is 5. The molecule has 1 heterocycles. The quantitative estimate of drug-likeness (QED) is 0.785. The van der Waals surface area contributed by atoms with E-state index in [2.05, 4.69) is 10.4 Å². The summed E-state index contributed by atoms with van der Waals surface area (Å²) in [5.74, 6) is -0.751. The summed E-state index contributed by atoms with van der Waals surface area (Å²) in [4.78, 5) is 12.2. The van der Waals surface area contributed by atoms with E-state index in [1.807, 2.05) is 0 Å². The molecule has 24 heavy (non-hydrogen) atoms. The minimum Gasteiger partial charge on any atom is -0.506 e. The molecule has 0 saturated carbocycles. The molecule has 0 saturated heterocycles. The Kier molecular flexibility index (Phi) is 5.19. The third-order valence-corrected chi connectivity index (χ3v) is 5.85. The average molecular weight is 372 g/mol. The minimum atomic E-state index is -3.44. The van der Waals surface area contributed by atoms with Crippen molar-refractivity contribution in [2.45, 2.75) is 32.2 Å². The number of amides is 1. The molecule has 0 bridgehead atoms. The van der Waals surface area contributed by atoms with Crippen LogP contribution in [0.3, 0.4) is 0 Å². The summed E-state index contributed by atoms with van der Waals surface area (Å²) in [6.07, 6.45) is 0. The second kappa shape index (κ2) is 6.82. The van der Waals surface area contributed by atoms with Gasteiger partial charge in [-0.15, -0.1) is 0 Å². The number of hydrogen-bond acceptors (Lipinski definition) is 5. The highest BCUT2D eigenvalue weighted by Crippen LogP contribution is 2.27. The van der Waals surface area contributed by atoms with Gasteiger partial charge >= 0.3 is 0 Å². The van der Waals surface area contributed by atoms with Crippen LogP contribution in [0.15, 0.2) is 23.1 Å². The fourth-order valence-electron chi connectivity index (χ4n) is 2.13. The van der Waals surface area contributed by atoms with Gasteiger partial charge in [-0.05, 0) is 32.0 Å². The molecular formula is C15H18ClN3O4S. The fourth-order valence-corrected chi connectivity index (χ4v) is 3.17. The summed E-state index contributed by atoms with van der Waals surface area (Å²) in [5.41, 5.74) is 1.29. The van der Waals surface area contributed by atoms with Crippen molar-refractivity contribution in [3.63, 3.8) is 0 Å². The molecule has 0 aliphatic rings. The molecule has 1 amide bonds. The molecule has 2 aromatic rings. The van der Waals surface area contributed by atoms with E-state index in [9.17, 15) is 18.3 Å². The predicted molar refractivity (Wildman–Crippen MR) is 91.2 cm³/mol. The number of nitrogens with zero attached hydrogens (tertiary/aromatic N) is 2. The van der Waals surface area contributed by atoms with Gasteiger partial charge in [0.2, 0.25) is 5.91 Å². The summed E-state index contributed by atoms with van der Waals surface area (Å²) in [6, 6.07) is 3.77. The molecule has 0 aliphatic carbocycles. The van der Waals surface area contributed by atoms with Gasteiger partial charge in [0.15, 0.2) is 9.84 Å². The van der Waals surface area contributed by atoms with Crippen molar-refractivity contribution in [3.05, 3.63) is 34.6 Å². The molecule has 0 unspecified atom stereocenters. The fraction of sp³-hybridized carbons (Fsp3) is 0.333. The molecule has 0 radical (unpaired) electrons. The monoisotopic (exact) mass is 371 g/mol. The van der Waals surface area contributed by atoms with Crippen molar-refractivity contribution in [2.24, 2.45) is 0 Å². The van der Waals surface area contributed by atoms with E-state index in [0.29, 0.717) is 16.4 Å². The standard InChI is InChI=1S/C15H18ClN3O4S/c1-4-24(22,23)11-5-6-13(20)12(7-11)17-14(21)8-19-10(3)15(16)9(2)18-19/h5-7,20H,4,8H2,1-3H3,(H,17,21). The van der Waals surface area contributed by atoms with Gasteiger partial charge in [-0.3, -0.25) is 9.48 Å². The van der Waals surface area contributed by atoms with Crippen LogP contribution in [0.5, 0.6) is 5.75 Å². The third kappa shape index (κ3) is 3.70. The number of anilines is 1. The molecule has 0 aliphatic heterocycles. The van der Waals surface area contributed by atoms with Crippen molar-refractivity contribution in [3.8, 4) is 5.75 Å². The highest BCUT2D eigenvalue weighted by molar-refractivity contribution is 7.91. The lowest BCUT2D eigenvalue weighted by Gasteiger charge is -2.10. The second-order valence-corrected chi connectivity index (χ2v) is 7.93. The smallest absolute Gasteiger partial charge is 0.246 e. The number of sulfone groups is 1. The zero-order valence-corrected chi connectivity index (χ0v) is 15.1. The molecule has 1 aromatic heterocycles. The molecule has 2 N–H and O–H groups in total. The first-order valence-electron chi connectivity index (χ1n) is 7.20. The molecule has 0 spiro atoms. The molecule has 2 rings (SSSR count). The van der Waals surface area contributed by atoms with Gasteiger partial charge < -0.3 is 10.4 Å². The van der Waals surface area contributed by atoms with Gasteiger partial charge in [0.25, 0.3) is 0 Å². The Labute approximate surface area is 145 Å². The lowest BCUT2D eigenvalue weighted by molar-refractivity contribution is -0.117. The maximum Gasteiger partial charge on any atom is 0.246 e. The number of carbonyl (C=O) groups is 1. The Morgan fingerprint density at radius 1 is 1.38 bits per heavy atom. The number of benzene rings is 1. The summed E-state index contributed by atoms with van der Waals surface area (Å²) < 4.78 is 25.2. The highest BCUT2D eigenvalue weighted by atomic mass is 35.5. The van der Waals surface area contributed by atoms with Crippen molar-refractivity contribution < 1.29 is 18.3 Å². The summed E-state index contributed by atoms with van der Waals surface area (Å²) >= 11 is 6.03. The Morgan fingerprint density at radius 3 is 2.58 bits per heavy atom. The SMILES string of the molecule is CCS(=O)(=O)c1ccc(O)c(NC(=O)Cn2nc(C)c(Cl)c2C)c1. The number of phenolic OH excluding ortho intramolecular Hbond substituents is 1. The lowest BCUT2D eigenvalue weighted by Crippen LogP contribution is -2.20. The Bertz CT molecular complexity index is 890. The summed E-state index contributed by atoms with van der Waals surface area (Å²) in [6.45, 7) is 4.88. The van der Waals surface area contributed by atoms with Gasteiger partial charge in [-0.25, -0.2) is 8.42 Å². The van der Waals surface area contributed by atoms with Crippen molar-refractivity contribution >= 4 is 33.0 Å². The molecule has 7 nitrogen and oxygen atoms in total. The summed E-state index contributed by atoms with van der Waals surface area (Å²) in [7, 11) is -3.44. The number of halogens is 1. The topological polar surface area (TPSA) is 101 Å². The number of phenols is 1. The van der Waals surface area contributed by atoms with E-state index in [-0.39, 0.29) is 28.6 Å². The van der Waals surface area contributed by atoms with Crippen molar-refractivity contribution in [1.29, 1.82) is 0 Å². The van der Waals surface area contributed by atoms with Gasteiger partial charge in [-0.2, -0.15) is 5.10 Å². The van der Waals surface area contributed by atoms with Crippen LogP contribution in [0.4, 0.5) is 5.69 Å². The number of hydrogen-bond donors (Lipinski definition) is 2. The highest BCUT2D eigenvalue weighted by Gasteiger charge is 2.17. The average Bonchev–Trinajstić information content (AvgIpc) is 2.76. The summed E-state index contributed by atoms with van der Waals surface area (Å²) in [5, 5.41) is 17.0. The van der Waals surface area contributed by atoms with Crippen LogP contribution < -0.4 is 5.32 Å². The molecule has 0 fully saturated rings. The lowest BCUT2D eigenvalue weighted by atomic mass is 10.3. The van der Waals surface area contributed by atoms with Crippen LogP contribution in [-0.4, -0.2) is 35.0 Å². The van der Waals surface area contributed by atoms with E-state index >= 15 is 0 Å². The molecule has 1 aromatic carbocycles. The van der Waals surface area contributed by atoms with Crippen LogP contribution in [0.1, 0.15) is 18.3 Å². The van der Waals surface area contributed by atoms with E-state index in [4.69, 9.17) is 11.6 Å². The normalized spacial score (nSPS) is 11.5. The first kappa shape index (κ1) is 18.3. The number of aryl methyl sites for hydroxylation is 1. The molecule has 130 valence electrons. The van der Waals surface area contributed by atoms with Crippen LogP contribution in [0.2, 0.25) is 5.02 Å². The van der Waals surface area contributed by atoms with Crippen molar-refractivity contribution in [2.75, 3.05) is 11.1 Å². The number of nitrogens with one attached hydrogen (secondary N) is 1. The second-order valence-electron chi connectivity index (χ2n) is 5.27. The van der Waals surface area contributed by atoms with Crippen LogP contribution in [0, 0.1) is 13.8 Å². The van der Waals surface area contributed by atoms with Crippen LogP contribution in [-0.2, 0) is 21.2 Å². The first-order chi connectivity index (χ1) is 11.2. The largest absolute Gasteiger partial charge is 0.506 e.